The summed E-state index contributed by atoms with van der Waals surface area (Å²) in [4.78, 5) is 31.2. The minimum Gasteiger partial charge on any atom is -0.332 e. The number of carbonyl (C=O) groups is 2. The van der Waals surface area contributed by atoms with Crippen molar-refractivity contribution in [3.63, 3.8) is 0 Å². The SMILES string of the molecule is Cc1ccc(NC(=O)CN(C)C(=O)c2cc(C)nc3ccc(C)cc23)cc1. The molecule has 138 valence electrons. The van der Waals surface area contributed by atoms with E-state index in [0.29, 0.717) is 11.3 Å². The van der Waals surface area contributed by atoms with Crippen LogP contribution in [-0.2, 0) is 4.79 Å². The summed E-state index contributed by atoms with van der Waals surface area (Å²) in [6.45, 7) is 5.80. The second-order valence-electron chi connectivity index (χ2n) is 6.91. The van der Waals surface area contributed by atoms with Crippen molar-refractivity contribution < 1.29 is 9.59 Å². The van der Waals surface area contributed by atoms with Crippen molar-refractivity contribution in [3.8, 4) is 0 Å². The number of rotatable bonds is 4. The fourth-order valence-electron chi connectivity index (χ4n) is 2.98. The summed E-state index contributed by atoms with van der Waals surface area (Å²) in [5.41, 5.74) is 5.00. The monoisotopic (exact) mass is 361 g/mol. The summed E-state index contributed by atoms with van der Waals surface area (Å²) >= 11 is 0. The number of aryl methyl sites for hydroxylation is 3. The van der Waals surface area contributed by atoms with Crippen LogP contribution in [0.25, 0.3) is 10.9 Å². The molecule has 2 amide bonds. The van der Waals surface area contributed by atoms with E-state index in [-0.39, 0.29) is 18.4 Å². The maximum absolute atomic E-state index is 13.0. The quantitative estimate of drug-likeness (QED) is 0.767. The molecule has 0 unspecified atom stereocenters. The van der Waals surface area contributed by atoms with E-state index in [1.54, 1.807) is 13.1 Å². The number of carbonyl (C=O) groups excluding carboxylic acids is 2. The van der Waals surface area contributed by atoms with Crippen molar-refractivity contribution in [2.24, 2.45) is 0 Å². The zero-order chi connectivity index (χ0) is 19.6. The van der Waals surface area contributed by atoms with Gasteiger partial charge in [0, 0.05) is 23.8 Å². The van der Waals surface area contributed by atoms with Crippen LogP contribution in [0.15, 0.2) is 48.5 Å². The van der Waals surface area contributed by atoms with Gasteiger partial charge in [-0.05, 0) is 51.1 Å². The third kappa shape index (κ3) is 4.31. The minimum absolute atomic E-state index is 0.0264. The number of hydrogen-bond donors (Lipinski definition) is 1. The Labute approximate surface area is 159 Å². The number of likely N-dealkylation sites (N-methyl/N-ethyl adjacent to an activating group) is 1. The fourth-order valence-corrected chi connectivity index (χ4v) is 2.98. The second kappa shape index (κ2) is 7.58. The average Bonchev–Trinajstić information content (AvgIpc) is 2.62. The van der Waals surface area contributed by atoms with Crippen molar-refractivity contribution in [1.82, 2.24) is 9.88 Å². The van der Waals surface area contributed by atoms with Gasteiger partial charge in [-0.3, -0.25) is 14.6 Å². The molecule has 5 nitrogen and oxygen atoms in total. The Morgan fingerprint density at radius 2 is 1.63 bits per heavy atom. The molecule has 3 rings (SSSR count). The van der Waals surface area contributed by atoms with E-state index in [2.05, 4.69) is 10.3 Å². The van der Waals surface area contributed by atoms with Crippen LogP contribution in [0.1, 0.15) is 27.2 Å². The topological polar surface area (TPSA) is 62.3 Å². The van der Waals surface area contributed by atoms with Gasteiger partial charge >= 0.3 is 0 Å². The van der Waals surface area contributed by atoms with E-state index in [9.17, 15) is 9.59 Å². The largest absolute Gasteiger partial charge is 0.332 e. The third-order valence-corrected chi connectivity index (χ3v) is 4.39. The number of hydrogen-bond acceptors (Lipinski definition) is 3. The second-order valence-corrected chi connectivity index (χ2v) is 6.91. The van der Waals surface area contributed by atoms with Gasteiger partial charge < -0.3 is 10.2 Å². The first-order valence-electron chi connectivity index (χ1n) is 8.83. The highest BCUT2D eigenvalue weighted by Crippen LogP contribution is 2.21. The Kier molecular flexibility index (Phi) is 5.21. The van der Waals surface area contributed by atoms with Gasteiger partial charge in [-0.15, -0.1) is 0 Å². The number of nitrogens with zero attached hydrogens (tertiary/aromatic N) is 2. The predicted octanol–water partition coefficient (Wildman–Crippen LogP) is 3.87. The molecule has 0 fully saturated rings. The number of anilines is 1. The number of benzene rings is 2. The number of aromatic nitrogens is 1. The zero-order valence-electron chi connectivity index (χ0n) is 16.0. The molecular formula is C22H23N3O2. The molecule has 0 radical (unpaired) electrons. The summed E-state index contributed by atoms with van der Waals surface area (Å²) in [6, 6.07) is 15.2. The lowest BCUT2D eigenvalue weighted by atomic mass is 10.0. The van der Waals surface area contributed by atoms with Crippen LogP contribution in [0.3, 0.4) is 0 Å². The Hall–Kier alpha value is -3.21. The summed E-state index contributed by atoms with van der Waals surface area (Å²) in [5, 5.41) is 3.62. The van der Waals surface area contributed by atoms with Crippen molar-refractivity contribution in [2.45, 2.75) is 20.8 Å². The molecule has 27 heavy (non-hydrogen) atoms. The van der Waals surface area contributed by atoms with Crippen LogP contribution >= 0.6 is 0 Å². The first-order chi connectivity index (χ1) is 12.8. The minimum atomic E-state index is -0.235. The summed E-state index contributed by atoms with van der Waals surface area (Å²) < 4.78 is 0. The van der Waals surface area contributed by atoms with E-state index in [0.717, 1.165) is 27.7 Å². The van der Waals surface area contributed by atoms with Gasteiger partial charge in [-0.1, -0.05) is 29.3 Å². The normalized spacial score (nSPS) is 10.7. The molecule has 2 aromatic carbocycles. The maximum Gasteiger partial charge on any atom is 0.254 e. The molecule has 3 aromatic rings. The molecular weight excluding hydrogens is 338 g/mol. The van der Waals surface area contributed by atoms with E-state index in [1.165, 1.54) is 4.90 Å². The fraction of sp³-hybridized carbons (Fsp3) is 0.227. The molecule has 0 saturated carbocycles. The molecule has 1 heterocycles. The van der Waals surface area contributed by atoms with Gasteiger partial charge in [0.2, 0.25) is 5.91 Å². The van der Waals surface area contributed by atoms with Gasteiger partial charge in [0.05, 0.1) is 17.6 Å². The lowest BCUT2D eigenvalue weighted by molar-refractivity contribution is -0.116. The predicted molar refractivity (Wildman–Crippen MR) is 108 cm³/mol. The van der Waals surface area contributed by atoms with Gasteiger partial charge in [0.1, 0.15) is 0 Å². The van der Waals surface area contributed by atoms with E-state index >= 15 is 0 Å². The molecule has 0 atom stereocenters. The lowest BCUT2D eigenvalue weighted by Crippen LogP contribution is -2.35. The van der Waals surface area contributed by atoms with Crippen molar-refractivity contribution >= 4 is 28.4 Å². The first-order valence-corrected chi connectivity index (χ1v) is 8.83. The van der Waals surface area contributed by atoms with Crippen molar-refractivity contribution in [3.05, 3.63) is 70.9 Å². The van der Waals surface area contributed by atoms with Crippen LogP contribution in [0.4, 0.5) is 5.69 Å². The van der Waals surface area contributed by atoms with Crippen molar-refractivity contribution in [2.75, 3.05) is 18.9 Å². The van der Waals surface area contributed by atoms with Gasteiger partial charge in [-0.2, -0.15) is 0 Å². The number of amides is 2. The van der Waals surface area contributed by atoms with Crippen LogP contribution in [-0.4, -0.2) is 35.3 Å². The van der Waals surface area contributed by atoms with E-state index in [1.807, 2.05) is 63.2 Å². The standard InChI is InChI=1S/C22H23N3O2/c1-14-5-8-17(9-6-14)24-21(26)13-25(4)22(27)19-12-16(3)23-20-10-7-15(2)11-18(19)20/h5-12H,13H2,1-4H3,(H,24,26). The van der Waals surface area contributed by atoms with Gasteiger partial charge in [0.15, 0.2) is 0 Å². The van der Waals surface area contributed by atoms with E-state index in [4.69, 9.17) is 0 Å². The van der Waals surface area contributed by atoms with Crippen LogP contribution in [0, 0.1) is 20.8 Å². The molecule has 0 aliphatic heterocycles. The smallest absolute Gasteiger partial charge is 0.254 e. The molecule has 1 aromatic heterocycles. The molecule has 0 aliphatic rings. The maximum atomic E-state index is 13.0. The van der Waals surface area contributed by atoms with Gasteiger partial charge in [0.25, 0.3) is 5.91 Å². The number of nitrogens with one attached hydrogen (secondary N) is 1. The lowest BCUT2D eigenvalue weighted by Gasteiger charge is -2.18. The highest BCUT2D eigenvalue weighted by molar-refractivity contribution is 6.07. The van der Waals surface area contributed by atoms with Crippen LogP contribution in [0.2, 0.25) is 0 Å². The Morgan fingerprint density at radius 1 is 0.963 bits per heavy atom. The molecule has 0 spiro atoms. The average molecular weight is 361 g/mol. The zero-order valence-corrected chi connectivity index (χ0v) is 16.0. The van der Waals surface area contributed by atoms with Gasteiger partial charge in [-0.25, -0.2) is 0 Å². The highest BCUT2D eigenvalue weighted by Gasteiger charge is 2.18. The summed E-state index contributed by atoms with van der Waals surface area (Å²) in [6.07, 6.45) is 0. The number of fused-ring (bicyclic) bond motifs is 1. The number of pyridine rings is 1. The van der Waals surface area contributed by atoms with E-state index < -0.39 is 0 Å². The summed E-state index contributed by atoms with van der Waals surface area (Å²) in [7, 11) is 1.63. The third-order valence-electron chi connectivity index (χ3n) is 4.39. The molecule has 0 aliphatic carbocycles. The van der Waals surface area contributed by atoms with Crippen molar-refractivity contribution in [1.29, 1.82) is 0 Å². The molecule has 5 heteroatoms. The summed E-state index contributed by atoms with van der Waals surface area (Å²) in [5.74, 6) is -0.434. The van der Waals surface area contributed by atoms with Crippen LogP contribution < -0.4 is 5.32 Å². The first kappa shape index (κ1) is 18.6. The Bertz CT molecular complexity index is 1010. The molecule has 1 N–H and O–H groups in total. The highest BCUT2D eigenvalue weighted by atomic mass is 16.2. The Morgan fingerprint density at radius 3 is 2.33 bits per heavy atom. The molecule has 0 bridgehead atoms. The Balaban J connectivity index is 1.79. The molecule has 0 saturated heterocycles. The van der Waals surface area contributed by atoms with Crippen LogP contribution in [0.5, 0.6) is 0 Å².